The highest BCUT2D eigenvalue weighted by molar-refractivity contribution is 5.94. The maximum atomic E-state index is 11.1. The number of primary amides is 1. The summed E-state index contributed by atoms with van der Waals surface area (Å²) < 4.78 is 0. The Labute approximate surface area is 90.4 Å². The first-order valence-corrected chi connectivity index (χ1v) is 4.31. The topological polar surface area (TPSA) is 115 Å². The van der Waals surface area contributed by atoms with Crippen LogP contribution < -0.4 is 11.1 Å². The monoisotopic (exact) mass is 223 g/mol. The van der Waals surface area contributed by atoms with E-state index in [0.29, 0.717) is 5.56 Å². The fraction of sp³-hybridized carbons (Fsp3) is 0.111. The maximum absolute atomic E-state index is 11.1. The molecule has 0 aliphatic heterocycles. The summed E-state index contributed by atoms with van der Waals surface area (Å²) in [6.45, 7) is 0. The van der Waals surface area contributed by atoms with Crippen LogP contribution in [0.25, 0.3) is 0 Å². The number of carbonyl (C=O) groups is 2. The Bertz CT molecular complexity index is 427. The van der Waals surface area contributed by atoms with E-state index in [-0.39, 0.29) is 12.1 Å². The van der Waals surface area contributed by atoms with E-state index in [9.17, 15) is 19.7 Å². The fourth-order valence-corrected chi connectivity index (χ4v) is 1.10. The standard InChI is InChI=1S/C9H9N3O4/c10-9(14)11-8(13)5-6-1-3-7(4-2-6)12(15)16/h1-4H,5H2,(H3,10,11,13,14). The molecule has 0 heterocycles. The lowest BCUT2D eigenvalue weighted by Gasteiger charge is -2.00. The molecule has 3 amide bonds. The molecule has 0 saturated heterocycles. The van der Waals surface area contributed by atoms with Crippen LogP contribution in [0.4, 0.5) is 10.5 Å². The van der Waals surface area contributed by atoms with Crippen LogP contribution in [0.2, 0.25) is 0 Å². The lowest BCUT2D eigenvalue weighted by atomic mass is 10.1. The summed E-state index contributed by atoms with van der Waals surface area (Å²) in [5.41, 5.74) is 5.25. The number of amides is 3. The fourth-order valence-electron chi connectivity index (χ4n) is 1.10. The lowest BCUT2D eigenvalue weighted by Crippen LogP contribution is -2.35. The Kier molecular flexibility index (Phi) is 3.54. The number of nitrogens with two attached hydrogens (primary N) is 1. The quantitative estimate of drug-likeness (QED) is 0.567. The summed E-state index contributed by atoms with van der Waals surface area (Å²) in [7, 11) is 0. The summed E-state index contributed by atoms with van der Waals surface area (Å²) in [5.74, 6) is -0.554. The van der Waals surface area contributed by atoms with Crippen molar-refractivity contribution in [2.45, 2.75) is 6.42 Å². The Morgan fingerprint density at radius 3 is 2.31 bits per heavy atom. The molecule has 1 aromatic carbocycles. The van der Waals surface area contributed by atoms with Crippen molar-refractivity contribution >= 4 is 17.6 Å². The number of imide groups is 1. The van der Waals surface area contributed by atoms with Crippen molar-refractivity contribution in [2.24, 2.45) is 5.73 Å². The second kappa shape index (κ2) is 4.87. The van der Waals surface area contributed by atoms with E-state index in [2.05, 4.69) is 0 Å². The van der Waals surface area contributed by atoms with E-state index in [1.54, 1.807) is 0 Å². The molecule has 7 heteroatoms. The first kappa shape index (κ1) is 11.6. The molecule has 0 radical (unpaired) electrons. The molecular weight excluding hydrogens is 214 g/mol. The van der Waals surface area contributed by atoms with Crippen molar-refractivity contribution in [3.05, 3.63) is 39.9 Å². The first-order valence-electron chi connectivity index (χ1n) is 4.31. The van der Waals surface area contributed by atoms with Crippen molar-refractivity contribution in [1.82, 2.24) is 5.32 Å². The minimum atomic E-state index is -0.924. The van der Waals surface area contributed by atoms with Gasteiger partial charge in [0.25, 0.3) is 5.69 Å². The first-order chi connectivity index (χ1) is 7.49. The normalized spacial score (nSPS) is 9.50. The zero-order valence-corrected chi connectivity index (χ0v) is 8.17. The summed E-state index contributed by atoms with van der Waals surface area (Å²) in [6, 6.07) is 4.53. The number of nitro benzene ring substituents is 1. The number of benzene rings is 1. The molecule has 1 aromatic rings. The van der Waals surface area contributed by atoms with Gasteiger partial charge in [-0.1, -0.05) is 12.1 Å². The van der Waals surface area contributed by atoms with E-state index in [1.807, 2.05) is 5.32 Å². The van der Waals surface area contributed by atoms with Crippen molar-refractivity contribution in [2.75, 3.05) is 0 Å². The van der Waals surface area contributed by atoms with Crippen LogP contribution in [0, 0.1) is 10.1 Å². The number of rotatable bonds is 3. The van der Waals surface area contributed by atoms with Crippen LogP contribution in [-0.2, 0) is 11.2 Å². The van der Waals surface area contributed by atoms with Gasteiger partial charge in [0, 0.05) is 12.1 Å². The van der Waals surface area contributed by atoms with Crippen molar-refractivity contribution in [3.8, 4) is 0 Å². The molecule has 84 valence electrons. The average Bonchev–Trinajstić information content (AvgIpc) is 2.16. The van der Waals surface area contributed by atoms with Crippen LogP contribution in [-0.4, -0.2) is 16.9 Å². The number of nitrogens with zero attached hydrogens (tertiary/aromatic N) is 1. The number of nitrogens with one attached hydrogen (secondary N) is 1. The number of carbonyl (C=O) groups excluding carboxylic acids is 2. The van der Waals surface area contributed by atoms with Gasteiger partial charge >= 0.3 is 6.03 Å². The van der Waals surface area contributed by atoms with Gasteiger partial charge in [0.2, 0.25) is 5.91 Å². The third-order valence-electron chi connectivity index (χ3n) is 1.77. The minimum Gasteiger partial charge on any atom is -0.351 e. The molecule has 3 N–H and O–H groups in total. The predicted octanol–water partition coefficient (Wildman–Crippen LogP) is 0.332. The Hall–Kier alpha value is -2.44. The van der Waals surface area contributed by atoms with Gasteiger partial charge in [-0.2, -0.15) is 0 Å². The number of urea groups is 1. The average molecular weight is 223 g/mol. The SMILES string of the molecule is NC(=O)NC(=O)Cc1ccc([N+](=O)[O-])cc1. The largest absolute Gasteiger partial charge is 0.351 e. The number of non-ortho nitro benzene ring substituents is 1. The Morgan fingerprint density at radius 1 is 1.31 bits per heavy atom. The molecule has 0 atom stereocenters. The van der Waals surface area contributed by atoms with Gasteiger partial charge in [0.1, 0.15) is 0 Å². The molecule has 0 aromatic heterocycles. The zero-order valence-electron chi connectivity index (χ0n) is 8.17. The number of nitro groups is 1. The van der Waals surface area contributed by atoms with Crippen LogP contribution in [0.5, 0.6) is 0 Å². The van der Waals surface area contributed by atoms with Crippen molar-refractivity contribution in [3.63, 3.8) is 0 Å². The maximum Gasteiger partial charge on any atom is 0.318 e. The molecular formula is C9H9N3O4. The highest BCUT2D eigenvalue weighted by atomic mass is 16.6. The Balaban J connectivity index is 2.65. The molecule has 0 unspecified atom stereocenters. The second-order valence-corrected chi connectivity index (χ2v) is 3.01. The lowest BCUT2D eigenvalue weighted by molar-refractivity contribution is -0.384. The molecule has 16 heavy (non-hydrogen) atoms. The van der Waals surface area contributed by atoms with Gasteiger partial charge in [-0.3, -0.25) is 20.2 Å². The molecule has 7 nitrogen and oxygen atoms in total. The van der Waals surface area contributed by atoms with E-state index in [1.165, 1.54) is 24.3 Å². The molecule has 0 bridgehead atoms. The van der Waals surface area contributed by atoms with Crippen molar-refractivity contribution in [1.29, 1.82) is 0 Å². The summed E-state index contributed by atoms with van der Waals surface area (Å²) in [6.07, 6.45) is -0.0546. The van der Waals surface area contributed by atoms with Crippen LogP contribution in [0.15, 0.2) is 24.3 Å². The van der Waals surface area contributed by atoms with E-state index in [0.717, 1.165) is 0 Å². The highest BCUT2D eigenvalue weighted by Crippen LogP contribution is 2.12. The van der Waals surface area contributed by atoms with E-state index in [4.69, 9.17) is 5.73 Å². The molecule has 0 saturated carbocycles. The van der Waals surface area contributed by atoms with Gasteiger partial charge in [-0.05, 0) is 5.56 Å². The number of hydrogen-bond acceptors (Lipinski definition) is 4. The summed E-state index contributed by atoms with van der Waals surface area (Å²) in [5, 5.41) is 12.2. The summed E-state index contributed by atoms with van der Waals surface area (Å²) in [4.78, 5) is 31.3. The third kappa shape index (κ3) is 3.37. The van der Waals surface area contributed by atoms with Gasteiger partial charge in [-0.25, -0.2) is 4.79 Å². The third-order valence-corrected chi connectivity index (χ3v) is 1.77. The van der Waals surface area contributed by atoms with Gasteiger partial charge in [0.15, 0.2) is 0 Å². The molecule has 0 aliphatic carbocycles. The molecule has 0 spiro atoms. The molecule has 1 rings (SSSR count). The van der Waals surface area contributed by atoms with Gasteiger partial charge < -0.3 is 5.73 Å². The van der Waals surface area contributed by atoms with E-state index >= 15 is 0 Å². The van der Waals surface area contributed by atoms with Crippen LogP contribution >= 0.6 is 0 Å². The van der Waals surface area contributed by atoms with Gasteiger partial charge in [0.05, 0.1) is 11.3 Å². The minimum absolute atomic E-state index is 0.0546. The molecule has 0 fully saturated rings. The summed E-state index contributed by atoms with van der Waals surface area (Å²) >= 11 is 0. The molecule has 0 aliphatic rings. The van der Waals surface area contributed by atoms with Crippen molar-refractivity contribution < 1.29 is 14.5 Å². The van der Waals surface area contributed by atoms with E-state index < -0.39 is 16.9 Å². The zero-order chi connectivity index (χ0) is 12.1. The second-order valence-electron chi connectivity index (χ2n) is 3.01. The predicted molar refractivity (Wildman–Crippen MR) is 54.5 cm³/mol. The number of hydrogen-bond donors (Lipinski definition) is 2. The van der Waals surface area contributed by atoms with Gasteiger partial charge in [-0.15, -0.1) is 0 Å². The highest BCUT2D eigenvalue weighted by Gasteiger charge is 2.08. The Morgan fingerprint density at radius 2 is 1.88 bits per heavy atom. The smallest absolute Gasteiger partial charge is 0.318 e. The van der Waals surface area contributed by atoms with Crippen LogP contribution in [0.3, 0.4) is 0 Å². The van der Waals surface area contributed by atoms with Crippen LogP contribution in [0.1, 0.15) is 5.56 Å².